The maximum absolute atomic E-state index is 5.72. The van der Waals surface area contributed by atoms with Gasteiger partial charge in [0.2, 0.25) is 0 Å². The quantitative estimate of drug-likeness (QED) is 0.371. The highest BCUT2D eigenvalue weighted by atomic mass is 16.5. The van der Waals surface area contributed by atoms with E-state index in [-0.39, 0.29) is 0 Å². The largest absolute Gasteiger partial charge is 0.501 e. The van der Waals surface area contributed by atoms with Crippen molar-refractivity contribution in [2.45, 2.75) is 13.3 Å². The van der Waals surface area contributed by atoms with Crippen molar-refractivity contribution >= 4 is 13.3 Å². The van der Waals surface area contributed by atoms with Gasteiger partial charge in [0, 0.05) is 13.0 Å². The third-order valence-corrected chi connectivity index (χ3v) is 2.51. The molecule has 0 atom stereocenters. The van der Waals surface area contributed by atoms with Crippen LogP contribution in [0.25, 0.3) is 0 Å². The smallest absolute Gasteiger partial charge is 0.139 e. The summed E-state index contributed by atoms with van der Waals surface area (Å²) in [6.45, 7) is 8.04. The first-order valence-electron chi connectivity index (χ1n) is 6.30. The number of hydrogen-bond acceptors (Lipinski definition) is 3. The first-order valence-corrected chi connectivity index (χ1v) is 6.30. The predicted octanol–water partition coefficient (Wildman–Crippen LogP) is 1.06. The van der Waals surface area contributed by atoms with Gasteiger partial charge < -0.3 is 14.2 Å². The standard InChI is InChI=1S/C14H21BO3/c1-3-16-8-7-12-11-13(15)5-6-14(12)18-10-9-17-4-2/h3,5-6,11H,1,4,7-10,15H2,2H3. The first-order chi connectivity index (χ1) is 8.77. The third kappa shape index (κ3) is 5.28. The summed E-state index contributed by atoms with van der Waals surface area (Å²) >= 11 is 0. The molecule has 0 saturated carbocycles. The summed E-state index contributed by atoms with van der Waals surface area (Å²) in [5.74, 6) is 0.910. The van der Waals surface area contributed by atoms with E-state index in [0.717, 1.165) is 24.3 Å². The van der Waals surface area contributed by atoms with E-state index in [0.29, 0.717) is 19.8 Å². The lowest BCUT2D eigenvalue weighted by Gasteiger charge is -2.12. The van der Waals surface area contributed by atoms with Gasteiger partial charge >= 0.3 is 0 Å². The molecule has 0 aromatic heterocycles. The van der Waals surface area contributed by atoms with Crippen LogP contribution in [0.3, 0.4) is 0 Å². The zero-order valence-electron chi connectivity index (χ0n) is 11.3. The third-order valence-electron chi connectivity index (χ3n) is 2.51. The minimum Gasteiger partial charge on any atom is -0.501 e. The SMILES string of the molecule is Bc1ccc(OCCOCC)c(CCOC=C)c1. The Bertz CT molecular complexity index is 366. The maximum Gasteiger partial charge on any atom is 0.139 e. The van der Waals surface area contributed by atoms with E-state index < -0.39 is 0 Å². The fourth-order valence-electron chi connectivity index (χ4n) is 1.65. The fraction of sp³-hybridized carbons (Fsp3) is 0.429. The summed E-state index contributed by atoms with van der Waals surface area (Å²) in [5, 5.41) is 0. The normalized spacial score (nSPS) is 10.1. The highest BCUT2D eigenvalue weighted by Crippen LogP contribution is 2.17. The summed E-state index contributed by atoms with van der Waals surface area (Å²) < 4.78 is 16.1. The van der Waals surface area contributed by atoms with Gasteiger partial charge in [0.15, 0.2) is 0 Å². The van der Waals surface area contributed by atoms with Crippen LogP contribution in [-0.2, 0) is 15.9 Å². The number of ether oxygens (including phenoxy) is 3. The molecule has 1 aromatic rings. The van der Waals surface area contributed by atoms with Crippen molar-refractivity contribution in [2.75, 3.05) is 26.4 Å². The summed E-state index contributed by atoms with van der Waals surface area (Å²) in [6.07, 6.45) is 2.28. The van der Waals surface area contributed by atoms with Crippen molar-refractivity contribution in [1.29, 1.82) is 0 Å². The Morgan fingerprint density at radius 1 is 1.28 bits per heavy atom. The second-order valence-corrected chi connectivity index (χ2v) is 3.94. The molecule has 0 aliphatic heterocycles. The Labute approximate surface area is 110 Å². The molecule has 0 aliphatic rings. The molecule has 98 valence electrons. The van der Waals surface area contributed by atoms with Gasteiger partial charge in [0.1, 0.15) is 20.2 Å². The molecular weight excluding hydrogens is 227 g/mol. The molecule has 0 N–H and O–H groups in total. The van der Waals surface area contributed by atoms with Crippen LogP contribution in [-0.4, -0.2) is 34.3 Å². The zero-order chi connectivity index (χ0) is 13.2. The van der Waals surface area contributed by atoms with Gasteiger partial charge in [-0.05, 0) is 18.6 Å². The predicted molar refractivity (Wildman–Crippen MR) is 76.5 cm³/mol. The molecule has 4 heteroatoms. The molecule has 0 aliphatic carbocycles. The Hall–Kier alpha value is -1.42. The Morgan fingerprint density at radius 3 is 2.83 bits per heavy atom. The second kappa shape index (κ2) is 8.64. The van der Waals surface area contributed by atoms with Crippen LogP contribution in [0.1, 0.15) is 12.5 Å². The highest BCUT2D eigenvalue weighted by molar-refractivity contribution is 6.32. The van der Waals surface area contributed by atoms with Crippen LogP contribution in [0.4, 0.5) is 0 Å². The first kappa shape index (κ1) is 14.6. The molecule has 0 spiro atoms. The topological polar surface area (TPSA) is 27.7 Å². The molecule has 1 rings (SSSR count). The van der Waals surface area contributed by atoms with E-state index >= 15 is 0 Å². The lowest BCUT2D eigenvalue weighted by Crippen LogP contribution is -2.11. The number of benzene rings is 1. The van der Waals surface area contributed by atoms with Crippen LogP contribution >= 0.6 is 0 Å². The minimum absolute atomic E-state index is 0.576. The maximum atomic E-state index is 5.72. The van der Waals surface area contributed by atoms with E-state index in [1.807, 2.05) is 19.1 Å². The molecule has 0 bridgehead atoms. The van der Waals surface area contributed by atoms with Gasteiger partial charge in [-0.3, -0.25) is 0 Å². The lowest BCUT2D eigenvalue weighted by atomic mass is 9.93. The van der Waals surface area contributed by atoms with E-state index in [9.17, 15) is 0 Å². The molecule has 0 amide bonds. The summed E-state index contributed by atoms with van der Waals surface area (Å²) in [7, 11) is 2.07. The van der Waals surface area contributed by atoms with Crippen molar-refractivity contribution in [1.82, 2.24) is 0 Å². The molecule has 3 nitrogen and oxygen atoms in total. The molecule has 1 aromatic carbocycles. The monoisotopic (exact) mass is 248 g/mol. The molecule has 0 fully saturated rings. The molecule has 0 unspecified atom stereocenters. The second-order valence-electron chi connectivity index (χ2n) is 3.94. The number of rotatable bonds is 9. The van der Waals surface area contributed by atoms with Crippen LogP contribution in [0, 0.1) is 0 Å². The summed E-state index contributed by atoms with van der Waals surface area (Å²) in [6, 6.07) is 6.18. The molecule has 0 radical (unpaired) electrons. The lowest BCUT2D eigenvalue weighted by molar-refractivity contribution is 0.109. The van der Waals surface area contributed by atoms with Gasteiger partial charge in [-0.25, -0.2) is 0 Å². The van der Waals surface area contributed by atoms with Crippen molar-refractivity contribution in [3.05, 3.63) is 36.6 Å². The van der Waals surface area contributed by atoms with Gasteiger partial charge in [0.25, 0.3) is 0 Å². The van der Waals surface area contributed by atoms with Crippen molar-refractivity contribution in [3.8, 4) is 5.75 Å². The van der Waals surface area contributed by atoms with Crippen molar-refractivity contribution < 1.29 is 14.2 Å². The molecular formula is C14H21BO3. The van der Waals surface area contributed by atoms with Crippen LogP contribution in [0.2, 0.25) is 0 Å². The van der Waals surface area contributed by atoms with E-state index in [1.165, 1.54) is 11.7 Å². The van der Waals surface area contributed by atoms with Crippen LogP contribution in [0.5, 0.6) is 5.75 Å². The van der Waals surface area contributed by atoms with Crippen molar-refractivity contribution in [3.63, 3.8) is 0 Å². The highest BCUT2D eigenvalue weighted by Gasteiger charge is 2.04. The number of hydrogen-bond donors (Lipinski definition) is 0. The van der Waals surface area contributed by atoms with Gasteiger partial charge in [0.05, 0.1) is 19.5 Å². The minimum atomic E-state index is 0.576. The fourth-order valence-corrected chi connectivity index (χ4v) is 1.65. The van der Waals surface area contributed by atoms with Crippen molar-refractivity contribution in [2.24, 2.45) is 0 Å². The van der Waals surface area contributed by atoms with Gasteiger partial charge in [-0.1, -0.05) is 24.2 Å². The van der Waals surface area contributed by atoms with E-state index in [2.05, 4.69) is 20.5 Å². The summed E-state index contributed by atoms with van der Waals surface area (Å²) in [4.78, 5) is 0. The van der Waals surface area contributed by atoms with E-state index in [4.69, 9.17) is 14.2 Å². The Kier molecular flexibility index (Phi) is 7.03. The molecule has 0 heterocycles. The van der Waals surface area contributed by atoms with Crippen LogP contribution < -0.4 is 10.2 Å². The van der Waals surface area contributed by atoms with Gasteiger partial charge in [-0.15, -0.1) is 0 Å². The average molecular weight is 248 g/mol. The molecule has 18 heavy (non-hydrogen) atoms. The zero-order valence-corrected chi connectivity index (χ0v) is 11.3. The Balaban J connectivity index is 2.55. The average Bonchev–Trinajstić information content (AvgIpc) is 2.37. The molecule has 0 saturated heterocycles. The van der Waals surface area contributed by atoms with Crippen LogP contribution in [0.15, 0.2) is 31.0 Å². The summed E-state index contributed by atoms with van der Waals surface area (Å²) in [5.41, 5.74) is 2.38. The van der Waals surface area contributed by atoms with E-state index in [1.54, 1.807) is 0 Å². The Morgan fingerprint density at radius 2 is 2.11 bits per heavy atom. The van der Waals surface area contributed by atoms with Gasteiger partial charge in [-0.2, -0.15) is 0 Å².